The molecule has 0 spiro atoms. The molecule has 1 atom stereocenters. The second-order valence-corrected chi connectivity index (χ2v) is 4.83. The number of nitrogens with one attached hydrogen (secondary N) is 1. The maximum Gasteiger partial charge on any atom is 0.109 e. The molecule has 1 unspecified atom stereocenters. The Morgan fingerprint density at radius 3 is 3.00 bits per heavy atom. The first-order valence-corrected chi connectivity index (χ1v) is 6.82. The number of imidazole rings is 1. The lowest BCUT2D eigenvalue weighted by Gasteiger charge is -2.12. The van der Waals surface area contributed by atoms with Gasteiger partial charge in [-0.2, -0.15) is 11.8 Å². The summed E-state index contributed by atoms with van der Waals surface area (Å²) in [6, 6.07) is 0.609. The average molecular weight is 227 g/mol. The third kappa shape index (κ3) is 4.71. The van der Waals surface area contributed by atoms with Gasteiger partial charge in [-0.1, -0.05) is 0 Å². The predicted molar refractivity (Wildman–Crippen MR) is 67.4 cm³/mol. The molecular formula is C11H21N3S. The van der Waals surface area contributed by atoms with Crippen LogP contribution in [0.2, 0.25) is 0 Å². The third-order valence-corrected chi connectivity index (χ3v) is 3.16. The molecule has 0 aliphatic rings. The first kappa shape index (κ1) is 12.6. The molecule has 1 aromatic heterocycles. The Bertz CT molecular complexity index is 273. The van der Waals surface area contributed by atoms with Crippen LogP contribution in [0, 0.1) is 0 Å². The SMILES string of the molecule is CSCCC(C)NCCc1nccn1C. The molecule has 0 radical (unpaired) electrons. The number of rotatable bonds is 7. The van der Waals surface area contributed by atoms with E-state index in [0.29, 0.717) is 6.04 Å². The van der Waals surface area contributed by atoms with Gasteiger partial charge in [0.2, 0.25) is 0 Å². The molecule has 15 heavy (non-hydrogen) atoms. The van der Waals surface area contributed by atoms with Crippen LogP contribution in [-0.4, -0.2) is 34.1 Å². The van der Waals surface area contributed by atoms with Gasteiger partial charge in [-0.05, 0) is 25.4 Å². The largest absolute Gasteiger partial charge is 0.338 e. The summed E-state index contributed by atoms with van der Waals surface area (Å²) in [6.07, 6.45) is 8.24. The smallest absolute Gasteiger partial charge is 0.109 e. The molecule has 4 heteroatoms. The van der Waals surface area contributed by atoms with Gasteiger partial charge >= 0.3 is 0 Å². The monoisotopic (exact) mass is 227 g/mol. The molecule has 0 aromatic carbocycles. The maximum atomic E-state index is 4.29. The zero-order valence-electron chi connectivity index (χ0n) is 9.86. The zero-order chi connectivity index (χ0) is 11.1. The molecule has 3 nitrogen and oxygen atoms in total. The molecule has 1 aromatic rings. The first-order valence-electron chi connectivity index (χ1n) is 5.42. The van der Waals surface area contributed by atoms with E-state index < -0.39 is 0 Å². The van der Waals surface area contributed by atoms with E-state index in [0.717, 1.165) is 18.8 Å². The van der Waals surface area contributed by atoms with Gasteiger partial charge in [0, 0.05) is 38.4 Å². The summed E-state index contributed by atoms with van der Waals surface area (Å²) in [7, 11) is 2.04. The first-order chi connectivity index (χ1) is 7.24. The molecule has 0 bridgehead atoms. The second kappa shape index (κ2) is 6.90. The molecule has 0 amide bonds. The van der Waals surface area contributed by atoms with Crippen molar-refractivity contribution in [3.63, 3.8) is 0 Å². The highest BCUT2D eigenvalue weighted by Crippen LogP contribution is 2.00. The number of thioether (sulfide) groups is 1. The molecule has 0 saturated carbocycles. The summed E-state index contributed by atoms with van der Waals surface area (Å²) >= 11 is 1.91. The standard InChI is InChI=1S/C11H21N3S/c1-10(5-9-15-3)12-6-4-11-13-7-8-14(11)2/h7-8,10,12H,4-6,9H2,1-3H3. The fraction of sp³-hybridized carbons (Fsp3) is 0.727. The van der Waals surface area contributed by atoms with Crippen molar-refractivity contribution in [2.75, 3.05) is 18.6 Å². The van der Waals surface area contributed by atoms with Gasteiger partial charge in [0.1, 0.15) is 5.82 Å². The van der Waals surface area contributed by atoms with Crippen LogP contribution in [0.15, 0.2) is 12.4 Å². The van der Waals surface area contributed by atoms with Crippen LogP contribution in [0.1, 0.15) is 19.2 Å². The summed E-state index contributed by atoms with van der Waals surface area (Å²) < 4.78 is 2.08. The lowest BCUT2D eigenvalue weighted by atomic mass is 10.2. The van der Waals surface area contributed by atoms with Crippen LogP contribution in [0.3, 0.4) is 0 Å². The molecule has 0 saturated heterocycles. The molecule has 0 fully saturated rings. The highest BCUT2D eigenvalue weighted by Gasteiger charge is 2.02. The minimum Gasteiger partial charge on any atom is -0.338 e. The summed E-state index contributed by atoms with van der Waals surface area (Å²) in [6.45, 7) is 3.26. The van der Waals surface area contributed by atoms with E-state index in [1.54, 1.807) is 0 Å². The summed E-state index contributed by atoms with van der Waals surface area (Å²) in [5.41, 5.74) is 0. The van der Waals surface area contributed by atoms with E-state index in [-0.39, 0.29) is 0 Å². The lowest BCUT2D eigenvalue weighted by molar-refractivity contribution is 0.533. The van der Waals surface area contributed by atoms with Gasteiger partial charge in [-0.25, -0.2) is 4.98 Å². The maximum absolute atomic E-state index is 4.29. The molecule has 0 aliphatic heterocycles. The van der Waals surface area contributed by atoms with Crippen molar-refractivity contribution in [3.05, 3.63) is 18.2 Å². The Morgan fingerprint density at radius 1 is 1.60 bits per heavy atom. The number of aryl methyl sites for hydroxylation is 1. The lowest BCUT2D eigenvalue weighted by Crippen LogP contribution is -2.29. The van der Waals surface area contributed by atoms with Crippen molar-refractivity contribution < 1.29 is 0 Å². The highest BCUT2D eigenvalue weighted by molar-refractivity contribution is 7.98. The Hall–Kier alpha value is -0.480. The van der Waals surface area contributed by atoms with Crippen molar-refractivity contribution in [2.45, 2.75) is 25.8 Å². The fourth-order valence-corrected chi connectivity index (χ4v) is 2.05. The van der Waals surface area contributed by atoms with E-state index in [1.165, 1.54) is 12.2 Å². The van der Waals surface area contributed by atoms with Crippen molar-refractivity contribution in [1.82, 2.24) is 14.9 Å². The number of hydrogen-bond acceptors (Lipinski definition) is 3. The minimum atomic E-state index is 0.609. The number of aromatic nitrogens is 2. The van der Waals surface area contributed by atoms with Gasteiger partial charge < -0.3 is 9.88 Å². The van der Waals surface area contributed by atoms with Crippen LogP contribution in [0.4, 0.5) is 0 Å². The Morgan fingerprint density at radius 2 is 2.40 bits per heavy atom. The minimum absolute atomic E-state index is 0.609. The highest BCUT2D eigenvalue weighted by atomic mass is 32.2. The summed E-state index contributed by atoms with van der Waals surface area (Å²) in [5.74, 6) is 2.39. The number of nitrogens with zero attached hydrogens (tertiary/aromatic N) is 2. The molecule has 86 valence electrons. The van der Waals surface area contributed by atoms with Crippen LogP contribution < -0.4 is 5.32 Å². The fourth-order valence-electron chi connectivity index (χ4n) is 1.46. The molecule has 1 N–H and O–H groups in total. The van der Waals surface area contributed by atoms with Crippen molar-refractivity contribution in [2.24, 2.45) is 7.05 Å². The van der Waals surface area contributed by atoms with Gasteiger partial charge in [-0.3, -0.25) is 0 Å². The van der Waals surface area contributed by atoms with Crippen LogP contribution in [-0.2, 0) is 13.5 Å². The van der Waals surface area contributed by atoms with E-state index in [1.807, 2.05) is 31.2 Å². The van der Waals surface area contributed by atoms with Crippen molar-refractivity contribution in [1.29, 1.82) is 0 Å². The van der Waals surface area contributed by atoms with E-state index in [9.17, 15) is 0 Å². The normalized spacial score (nSPS) is 13.0. The van der Waals surface area contributed by atoms with Crippen LogP contribution >= 0.6 is 11.8 Å². The summed E-state index contributed by atoms with van der Waals surface area (Å²) in [4.78, 5) is 4.29. The van der Waals surface area contributed by atoms with E-state index in [4.69, 9.17) is 0 Å². The Labute approximate surface area is 96.7 Å². The van der Waals surface area contributed by atoms with Crippen LogP contribution in [0.25, 0.3) is 0 Å². The van der Waals surface area contributed by atoms with E-state index >= 15 is 0 Å². The second-order valence-electron chi connectivity index (χ2n) is 3.84. The molecular weight excluding hydrogens is 206 g/mol. The average Bonchev–Trinajstić information content (AvgIpc) is 2.61. The number of hydrogen-bond donors (Lipinski definition) is 1. The predicted octanol–water partition coefficient (Wildman–Crippen LogP) is 1.69. The van der Waals surface area contributed by atoms with Gasteiger partial charge in [0.05, 0.1) is 0 Å². The third-order valence-electron chi connectivity index (χ3n) is 2.52. The Kier molecular flexibility index (Phi) is 5.79. The van der Waals surface area contributed by atoms with Gasteiger partial charge in [0.25, 0.3) is 0 Å². The van der Waals surface area contributed by atoms with Gasteiger partial charge in [0.15, 0.2) is 0 Å². The molecule has 1 heterocycles. The summed E-state index contributed by atoms with van der Waals surface area (Å²) in [5, 5.41) is 3.52. The molecule has 1 rings (SSSR count). The zero-order valence-corrected chi connectivity index (χ0v) is 10.7. The molecule has 0 aliphatic carbocycles. The van der Waals surface area contributed by atoms with Crippen LogP contribution in [0.5, 0.6) is 0 Å². The topological polar surface area (TPSA) is 29.9 Å². The van der Waals surface area contributed by atoms with Gasteiger partial charge in [-0.15, -0.1) is 0 Å². The van der Waals surface area contributed by atoms with Crippen molar-refractivity contribution in [3.8, 4) is 0 Å². The van der Waals surface area contributed by atoms with E-state index in [2.05, 4.69) is 28.0 Å². The quantitative estimate of drug-likeness (QED) is 0.769. The Balaban J connectivity index is 2.13. The van der Waals surface area contributed by atoms with Crippen molar-refractivity contribution >= 4 is 11.8 Å².